The van der Waals surface area contributed by atoms with Gasteiger partial charge in [0.2, 0.25) is 5.91 Å². The average Bonchev–Trinajstić information content (AvgIpc) is 3.40. The summed E-state index contributed by atoms with van der Waals surface area (Å²) in [6, 6.07) is 15.6. The van der Waals surface area contributed by atoms with Gasteiger partial charge >= 0.3 is 0 Å². The smallest absolute Gasteiger partial charge is 0.264 e. The molecule has 8 nitrogen and oxygen atoms in total. The van der Waals surface area contributed by atoms with Gasteiger partial charge in [0.25, 0.3) is 5.91 Å². The summed E-state index contributed by atoms with van der Waals surface area (Å²) in [6.07, 6.45) is 1.64. The Labute approximate surface area is 188 Å². The monoisotopic (exact) mass is 449 g/mol. The van der Waals surface area contributed by atoms with Crippen molar-refractivity contribution in [1.29, 1.82) is 0 Å². The molecular formula is C23H19N3O5S. The summed E-state index contributed by atoms with van der Waals surface area (Å²) in [6.45, 7) is 0. The predicted molar refractivity (Wildman–Crippen MR) is 123 cm³/mol. The molecule has 0 spiro atoms. The summed E-state index contributed by atoms with van der Waals surface area (Å²) in [7, 11) is 3.11. The molecule has 9 heteroatoms. The van der Waals surface area contributed by atoms with Crippen LogP contribution in [-0.4, -0.2) is 31.2 Å². The standard InChI is InChI=1S/C23H19N3O5S/c1-29-17-9-15(10-18(11-17)30-2)25-23-26-22(28)20(32-23)12-16-6-7-19(31-16)13-4-3-5-14(8-13)21(24)27/h3-12H,1-2H3,(H2,24,27)(H,25,26,28)/b20-12+. The van der Waals surface area contributed by atoms with Gasteiger partial charge in [-0.15, -0.1) is 0 Å². The van der Waals surface area contributed by atoms with Crippen LogP contribution in [-0.2, 0) is 4.79 Å². The van der Waals surface area contributed by atoms with E-state index < -0.39 is 5.91 Å². The molecule has 2 heterocycles. The number of benzene rings is 2. The Balaban J connectivity index is 1.55. The molecule has 0 atom stereocenters. The van der Waals surface area contributed by atoms with Crippen LogP contribution in [0.2, 0.25) is 0 Å². The summed E-state index contributed by atoms with van der Waals surface area (Å²) < 4.78 is 16.3. The van der Waals surface area contributed by atoms with Crippen LogP contribution in [0.4, 0.5) is 5.69 Å². The number of thioether (sulfide) groups is 1. The highest BCUT2D eigenvalue weighted by atomic mass is 32.2. The summed E-state index contributed by atoms with van der Waals surface area (Å²) in [4.78, 5) is 28.7. The highest BCUT2D eigenvalue weighted by Crippen LogP contribution is 2.32. The molecule has 162 valence electrons. The van der Waals surface area contributed by atoms with E-state index in [4.69, 9.17) is 19.6 Å². The maximum absolute atomic E-state index is 12.4. The van der Waals surface area contributed by atoms with E-state index in [0.29, 0.717) is 49.9 Å². The Morgan fingerprint density at radius 2 is 1.84 bits per heavy atom. The molecule has 2 amide bonds. The van der Waals surface area contributed by atoms with Gasteiger partial charge < -0.3 is 24.9 Å². The number of nitrogens with zero attached hydrogens (tertiary/aromatic N) is 1. The molecule has 0 aliphatic carbocycles. The first kappa shape index (κ1) is 21.3. The largest absolute Gasteiger partial charge is 0.497 e. The number of ether oxygens (including phenoxy) is 2. The quantitative estimate of drug-likeness (QED) is 0.551. The van der Waals surface area contributed by atoms with E-state index in [1.54, 1.807) is 68.8 Å². The van der Waals surface area contributed by atoms with Crippen molar-refractivity contribution in [1.82, 2.24) is 5.32 Å². The minimum Gasteiger partial charge on any atom is -0.497 e. The zero-order chi connectivity index (χ0) is 22.7. The van der Waals surface area contributed by atoms with Crippen LogP contribution in [0.1, 0.15) is 16.1 Å². The van der Waals surface area contributed by atoms with E-state index in [9.17, 15) is 9.59 Å². The van der Waals surface area contributed by atoms with Gasteiger partial charge in [-0.2, -0.15) is 0 Å². The van der Waals surface area contributed by atoms with Gasteiger partial charge in [-0.1, -0.05) is 12.1 Å². The number of amides is 2. The third kappa shape index (κ3) is 4.68. The Bertz CT molecular complexity index is 1240. The number of primary amides is 1. The summed E-state index contributed by atoms with van der Waals surface area (Å²) in [5.74, 6) is 1.44. The lowest BCUT2D eigenvalue weighted by atomic mass is 10.1. The summed E-state index contributed by atoms with van der Waals surface area (Å²) in [5, 5.41) is 3.17. The second kappa shape index (κ2) is 9.03. The van der Waals surface area contributed by atoms with Crippen molar-refractivity contribution in [3.63, 3.8) is 0 Å². The first-order valence-corrected chi connectivity index (χ1v) is 10.3. The Morgan fingerprint density at radius 3 is 2.53 bits per heavy atom. The maximum atomic E-state index is 12.4. The van der Waals surface area contributed by atoms with Crippen LogP contribution in [0.15, 0.2) is 68.9 Å². The van der Waals surface area contributed by atoms with Crippen molar-refractivity contribution in [2.24, 2.45) is 10.7 Å². The van der Waals surface area contributed by atoms with Crippen molar-refractivity contribution < 1.29 is 23.5 Å². The van der Waals surface area contributed by atoms with E-state index >= 15 is 0 Å². The molecule has 1 saturated heterocycles. The molecule has 32 heavy (non-hydrogen) atoms. The first-order chi connectivity index (χ1) is 15.4. The second-order valence-electron chi connectivity index (χ2n) is 6.70. The molecule has 0 saturated carbocycles. The zero-order valence-electron chi connectivity index (χ0n) is 17.2. The lowest BCUT2D eigenvalue weighted by Gasteiger charge is -2.05. The van der Waals surface area contributed by atoms with Crippen LogP contribution in [0.5, 0.6) is 11.5 Å². The number of furan rings is 1. The van der Waals surface area contributed by atoms with E-state index in [0.717, 1.165) is 0 Å². The van der Waals surface area contributed by atoms with Crippen LogP contribution in [0, 0.1) is 0 Å². The molecule has 0 bridgehead atoms. The normalized spacial score (nSPS) is 15.8. The zero-order valence-corrected chi connectivity index (χ0v) is 18.1. The average molecular weight is 449 g/mol. The summed E-state index contributed by atoms with van der Waals surface area (Å²) >= 11 is 1.19. The van der Waals surface area contributed by atoms with Crippen molar-refractivity contribution >= 4 is 40.5 Å². The highest BCUT2D eigenvalue weighted by Gasteiger charge is 2.24. The van der Waals surface area contributed by atoms with Crippen LogP contribution >= 0.6 is 11.8 Å². The number of methoxy groups -OCH3 is 2. The molecule has 1 fully saturated rings. The van der Waals surface area contributed by atoms with E-state index in [1.165, 1.54) is 11.8 Å². The lowest BCUT2D eigenvalue weighted by molar-refractivity contribution is -0.115. The predicted octanol–water partition coefficient (Wildman–Crippen LogP) is 3.95. The SMILES string of the molecule is COc1cc(N=C2NC(=O)/C(=C\c3ccc(-c4cccc(C(N)=O)c4)o3)S2)cc(OC)c1. The third-order valence-electron chi connectivity index (χ3n) is 4.55. The number of hydrogen-bond donors (Lipinski definition) is 2. The fourth-order valence-corrected chi connectivity index (χ4v) is 3.82. The number of rotatable bonds is 6. The van der Waals surface area contributed by atoms with Crippen LogP contribution < -0.4 is 20.5 Å². The van der Waals surface area contributed by atoms with E-state index in [2.05, 4.69) is 10.3 Å². The first-order valence-electron chi connectivity index (χ1n) is 9.48. The Morgan fingerprint density at radius 1 is 1.09 bits per heavy atom. The molecule has 0 unspecified atom stereocenters. The van der Waals surface area contributed by atoms with Gasteiger partial charge in [-0.05, 0) is 36.0 Å². The van der Waals surface area contributed by atoms with Gasteiger partial charge in [0, 0.05) is 35.4 Å². The van der Waals surface area contributed by atoms with Crippen molar-refractivity contribution in [2.45, 2.75) is 0 Å². The molecule has 4 rings (SSSR count). The fraction of sp³-hybridized carbons (Fsp3) is 0.0870. The minimum absolute atomic E-state index is 0.280. The third-order valence-corrected chi connectivity index (χ3v) is 5.46. The van der Waals surface area contributed by atoms with Gasteiger partial charge in [0.1, 0.15) is 23.0 Å². The highest BCUT2D eigenvalue weighted by molar-refractivity contribution is 8.18. The number of aliphatic imine (C=N–C) groups is 1. The second-order valence-corrected chi connectivity index (χ2v) is 7.73. The van der Waals surface area contributed by atoms with Gasteiger partial charge in [0.15, 0.2) is 5.17 Å². The summed E-state index contributed by atoms with van der Waals surface area (Å²) in [5.41, 5.74) is 7.02. The van der Waals surface area contributed by atoms with Crippen molar-refractivity contribution in [3.05, 3.63) is 70.8 Å². The maximum Gasteiger partial charge on any atom is 0.264 e. The fourth-order valence-electron chi connectivity index (χ4n) is 3.00. The van der Waals surface area contributed by atoms with Crippen LogP contribution in [0.25, 0.3) is 17.4 Å². The van der Waals surface area contributed by atoms with E-state index in [-0.39, 0.29) is 5.91 Å². The molecule has 1 aliphatic rings. The molecule has 3 N–H and O–H groups in total. The van der Waals surface area contributed by atoms with Gasteiger partial charge in [0.05, 0.1) is 24.8 Å². The van der Waals surface area contributed by atoms with Crippen molar-refractivity contribution in [2.75, 3.05) is 14.2 Å². The molecule has 0 radical (unpaired) electrons. The lowest BCUT2D eigenvalue weighted by Crippen LogP contribution is -2.19. The number of hydrogen-bond acceptors (Lipinski definition) is 7. The topological polar surface area (TPSA) is 116 Å². The Kier molecular flexibility index (Phi) is 6.00. The van der Waals surface area contributed by atoms with Crippen LogP contribution in [0.3, 0.4) is 0 Å². The molecular weight excluding hydrogens is 430 g/mol. The molecule has 1 aromatic heterocycles. The van der Waals surface area contributed by atoms with E-state index in [1.807, 2.05) is 6.07 Å². The van der Waals surface area contributed by atoms with Gasteiger partial charge in [-0.3, -0.25) is 9.59 Å². The number of nitrogens with one attached hydrogen (secondary N) is 1. The number of nitrogens with two attached hydrogens (primary N) is 1. The number of carbonyl (C=O) groups is 2. The number of carbonyl (C=O) groups excluding carboxylic acids is 2. The van der Waals surface area contributed by atoms with Gasteiger partial charge in [-0.25, -0.2) is 4.99 Å². The number of amidine groups is 1. The Hall–Kier alpha value is -3.98. The molecule has 2 aromatic carbocycles. The molecule has 1 aliphatic heterocycles. The van der Waals surface area contributed by atoms with Crippen molar-refractivity contribution in [3.8, 4) is 22.8 Å². The minimum atomic E-state index is -0.514. The molecule has 3 aromatic rings.